The molecule has 19 heavy (non-hydrogen) atoms. The van der Waals surface area contributed by atoms with E-state index >= 15 is 0 Å². The predicted octanol–water partition coefficient (Wildman–Crippen LogP) is 5.72. The first-order valence-corrected chi connectivity index (χ1v) is 7.30. The van der Waals surface area contributed by atoms with Gasteiger partial charge in [-0.25, -0.2) is 0 Å². The second kappa shape index (κ2) is 5.00. The van der Waals surface area contributed by atoms with Crippen LogP contribution in [0.2, 0.25) is 0 Å². The van der Waals surface area contributed by atoms with E-state index in [2.05, 4.69) is 65.8 Å². The van der Waals surface area contributed by atoms with Gasteiger partial charge < -0.3 is 0 Å². The molecule has 0 fully saturated rings. The van der Waals surface area contributed by atoms with Gasteiger partial charge in [0.25, 0.3) is 0 Å². The van der Waals surface area contributed by atoms with Crippen molar-refractivity contribution in [3.63, 3.8) is 0 Å². The van der Waals surface area contributed by atoms with Gasteiger partial charge in [-0.1, -0.05) is 45.1 Å². The largest absolute Gasteiger partial charge is 0.0807 e. The molecule has 0 bridgehead atoms. The van der Waals surface area contributed by atoms with E-state index in [1.807, 2.05) is 0 Å². The van der Waals surface area contributed by atoms with Crippen LogP contribution in [0.1, 0.15) is 62.8 Å². The summed E-state index contributed by atoms with van der Waals surface area (Å²) in [5, 5.41) is 0. The Morgan fingerprint density at radius 1 is 0.842 bits per heavy atom. The van der Waals surface area contributed by atoms with Crippen LogP contribution in [0.3, 0.4) is 0 Å². The first-order valence-electron chi connectivity index (χ1n) is 7.30. The van der Waals surface area contributed by atoms with Crippen LogP contribution in [0.15, 0.2) is 29.9 Å². The molecule has 102 valence electrons. The molecule has 0 saturated heterocycles. The molecule has 0 radical (unpaired) electrons. The van der Waals surface area contributed by atoms with Crippen LogP contribution in [-0.2, 0) is 5.41 Å². The highest BCUT2D eigenvalue weighted by atomic mass is 14.2. The van der Waals surface area contributed by atoms with Crippen molar-refractivity contribution in [2.24, 2.45) is 0 Å². The first kappa shape index (κ1) is 14.1. The van der Waals surface area contributed by atoms with Crippen molar-refractivity contribution in [3.8, 4) is 0 Å². The summed E-state index contributed by atoms with van der Waals surface area (Å²) in [6.07, 6.45) is 7.13. The molecule has 0 nitrogen and oxygen atoms in total. The second-order valence-corrected chi connectivity index (χ2v) is 6.82. The van der Waals surface area contributed by atoms with Crippen molar-refractivity contribution in [1.29, 1.82) is 0 Å². The van der Waals surface area contributed by atoms with Gasteiger partial charge in [0, 0.05) is 0 Å². The quantitative estimate of drug-likeness (QED) is 0.601. The van der Waals surface area contributed by atoms with Gasteiger partial charge in [0.15, 0.2) is 0 Å². The summed E-state index contributed by atoms with van der Waals surface area (Å²) in [4.78, 5) is 0. The van der Waals surface area contributed by atoms with E-state index in [1.54, 1.807) is 0 Å². The lowest BCUT2D eigenvalue weighted by Gasteiger charge is -2.24. The van der Waals surface area contributed by atoms with E-state index in [-0.39, 0.29) is 5.41 Å². The monoisotopic (exact) mass is 254 g/mol. The van der Waals surface area contributed by atoms with E-state index < -0.39 is 0 Å². The molecule has 1 aromatic rings. The number of benzene rings is 1. The van der Waals surface area contributed by atoms with E-state index in [9.17, 15) is 0 Å². The van der Waals surface area contributed by atoms with Crippen molar-refractivity contribution >= 4 is 5.57 Å². The number of aryl methyl sites for hydroxylation is 2. The molecule has 0 aromatic heterocycles. The Morgan fingerprint density at radius 3 is 1.84 bits per heavy atom. The maximum absolute atomic E-state index is 2.40. The van der Waals surface area contributed by atoms with Crippen molar-refractivity contribution in [2.75, 3.05) is 0 Å². The molecular formula is C19H26. The zero-order valence-corrected chi connectivity index (χ0v) is 13.2. The SMILES string of the molecule is CC1=CCCC=C1c1c(C)cc(C(C)(C)C)cc1C. The second-order valence-electron chi connectivity index (χ2n) is 6.82. The molecule has 0 atom stereocenters. The topological polar surface area (TPSA) is 0 Å². The summed E-state index contributed by atoms with van der Waals surface area (Å²) in [6.45, 7) is 13.6. The third-order valence-corrected chi connectivity index (χ3v) is 4.06. The standard InChI is InChI=1S/C19H26/c1-13-9-7-8-10-17(13)18-14(2)11-16(12-15(18)3)19(4,5)6/h9-12H,7-8H2,1-6H3. The van der Waals surface area contributed by atoms with E-state index in [4.69, 9.17) is 0 Å². The van der Waals surface area contributed by atoms with Crippen molar-refractivity contribution < 1.29 is 0 Å². The molecule has 0 saturated carbocycles. The number of allylic oxidation sites excluding steroid dienone is 4. The predicted molar refractivity (Wildman–Crippen MR) is 85.6 cm³/mol. The van der Waals surface area contributed by atoms with Crippen LogP contribution < -0.4 is 0 Å². The normalized spacial score (nSPS) is 16.1. The maximum Gasteiger partial charge on any atom is -0.0126 e. The summed E-state index contributed by atoms with van der Waals surface area (Å²) in [7, 11) is 0. The minimum absolute atomic E-state index is 0.222. The van der Waals surface area contributed by atoms with Gasteiger partial charge in [0.2, 0.25) is 0 Å². The molecule has 0 unspecified atom stereocenters. The Kier molecular flexibility index (Phi) is 3.71. The van der Waals surface area contributed by atoms with Crippen molar-refractivity contribution in [1.82, 2.24) is 0 Å². The van der Waals surface area contributed by atoms with Gasteiger partial charge in [-0.3, -0.25) is 0 Å². The van der Waals surface area contributed by atoms with Crippen LogP contribution in [0.5, 0.6) is 0 Å². The van der Waals surface area contributed by atoms with E-state index in [0.717, 1.165) is 0 Å². The fourth-order valence-corrected chi connectivity index (χ4v) is 2.92. The van der Waals surface area contributed by atoms with Crippen LogP contribution >= 0.6 is 0 Å². The zero-order valence-electron chi connectivity index (χ0n) is 13.2. The molecule has 1 aromatic carbocycles. The third kappa shape index (κ3) is 2.83. The van der Waals surface area contributed by atoms with Gasteiger partial charge in [-0.05, 0) is 72.4 Å². The van der Waals surface area contributed by atoms with Gasteiger partial charge in [-0.15, -0.1) is 0 Å². The molecule has 0 spiro atoms. The summed E-state index contributed by atoms with van der Waals surface area (Å²) >= 11 is 0. The molecule has 1 aliphatic carbocycles. The van der Waals surface area contributed by atoms with Crippen LogP contribution in [-0.4, -0.2) is 0 Å². The lowest BCUT2D eigenvalue weighted by atomic mass is 9.81. The Hall–Kier alpha value is -1.30. The Labute approximate surface area is 118 Å². The lowest BCUT2D eigenvalue weighted by Crippen LogP contribution is -2.12. The van der Waals surface area contributed by atoms with Gasteiger partial charge >= 0.3 is 0 Å². The first-order chi connectivity index (χ1) is 8.80. The minimum atomic E-state index is 0.222. The zero-order chi connectivity index (χ0) is 14.2. The number of rotatable bonds is 1. The Morgan fingerprint density at radius 2 is 1.37 bits per heavy atom. The summed E-state index contributed by atoms with van der Waals surface area (Å²) in [6, 6.07) is 4.73. The maximum atomic E-state index is 2.40. The number of hydrogen-bond acceptors (Lipinski definition) is 0. The van der Waals surface area contributed by atoms with E-state index in [0.29, 0.717) is 0 Å². The molecule has 0 aliphatic heterocycles. The number of hydrogen-bond donors (Lipinski definition) is 0. The smallest absolute Gasteiger partial charge is 0.0126 e. The fraction of sp³-hybridized carbons (Fsp3) is 0.474. The van der Waals surface area contributed by atoms with Gasteiger partial charge in [0.1, 0.15) is 0 Å². The van der Waals surface area contributed by atoms with Crippen molar-refractivity contribution in [3.05, 3.63) is 52.1 Å². The molecule has 1 aliphatic rings. The lowest BCUT2D eigenvalue weighted by molar-refractivity contribution is 0.589. The van der Waals surface area contributed by atoms with Crippen LogP contribution in [0.4, 0.5) is 0 Å². The molecule has 0 heteroatoms. The minimum Gasteiger partial charge on any atom is -0.0807 e. The highest BCUT2D eigenvalue weighted by Gasteiger charge is 2.18. The summed E-state index contributed by atoms with van der Waals surface area (Å²) in [5.74, 6) is 0. The summed E-state index contributed by atoms with van der Waals surface area (Å²) in [5.41, 5.74) is 8.80. The average Bonchev–Trinajstić information content (AvgIpc) is 2.29. The molecule has 0 N–H and O–H groups in total. The van der Waals surface area contributed by atoms with Gasteiger partial charge in [-0.2, -0.15) is 0 Å². The van der Waals surface area contributed by atoms with Crippen LogP contribution in [0.25, 0.3) is 5.57 Å². The molecule has 0 amide bonds. The average molecular weight is 254 g/mol. The van der Waals surface area contributed by atoms with Crippen LogP contribution in [0, 0.1) is 13.8 Å². The van der Waals surface area contributed by atoms with E-state index in [1.165, 1.54) is 46.2 Å². The fourth-order valence-electron chi connectivity index (χ4n) is 2.92. The summed E-state index contributed by atoms with van der Waals surface area (Å²) < 4.78 is 0. The third-order valence-electron chi connectivity index (χ3n) is 4.06. The molecule has 0 heterocycles. The highest BCUT2D eigenvalue weighted by Crippen LogP contribution is 2.35. The Balaban J connectivity index is 2.55. The molecule has 2 rings (SSSR count). The highest BCUT2D eigenvalue weighted by molar-refractivity contribution is 5.82. The van der Waals surface area contributed by atoms with Crippen molar-refractivity contribution in [2.45, 2.75) is 59.8 Å². The van der Waals surface area contributed by atoms with Gasteiger partial charge in [0.05, 0.1) is 0 Å². The Bertz CT molecular complexity index is 525. The molecular weight excluding hydrogens is 228 g/mol.